The topological polar surface area (TPSA) is 38.5 Å². The van der Waals surface area contributed by atoms with Gasteiger partial charge in [-0.25, -0.2) is 0 Å². The SMILES string of the molecule is C=C(C)CN1CCOc2cc(N)ccc21. The van der Waals surface area contributed by atoms with Crippen LogP contribution in [-0.2, 0) is 0 Å². The van der Waals surface area contributed by atoms with E-state index >= 15 is 0 Å². The number of fused-ring (bicyclic) bond motifs is 1. The van der Waals surface area contributed by atoms with Gasteiger partial charge in [0.05, 0.1) is 12.2 Å². The minimum Gasteiger partial charge on any atom is -0.489 e. The third-order valence-corrected chi connectivity index (χ3v) is 2.40. The van der Waals surface area contributed by atoms with E-state index in [1.165, 1.54) is 0 Å². The molecule has 0 atom stereocenters. The van der Waals surface area contributed by atoms with Gasteiger partial charge < -0.3 is 15.4 Å². The molecular formula is C12H16N2O. The molecule has 0 bridgehead atoms. The van der Waals surface area contributed by atoms with Crippen LogP contribution in [0.2, 0.25) is 0 Å². The molecule has 3 nitrogen and oxygen atoms in total. The highest BCUT2D eigenvalue weighted by molar-refractivity contribution is 5.65. The lowest BCUT2D eigenvalue weighted by molar-refractivity contribution is 0.309. The summed E-state index contributed by atoms with van der Waals surface area (Å²) in [5, 5.41) is 0. The normalized spacial score (nSPS) is 14.3. The Labute approximate surface area is 90.1 Å². The smallest absolute Gasteiger partial charge is 0.144 e. The van der Waals surface area contributed by atoms with Crippen molar-refractivity contribution < 1.29 is 4.74 Å². The van der Waals surface area contributed by atoms with Crippen LogP contribution in [0.4, 0.5) is 11.4 Å². The van der Waals surface area contributed by atoms with Crippen LogP contribution in [0.25, 0.3) is 0 Å². The van der Waals surface area contributed by atoms with E-state index < -0.39 is 0 Å². The van der Waals surface area contributed by atoms with E-state index in [1.54, 1.807) is 0 Å². The van der Waals surface area contributed by atoms with Crippen LogP contribution in [0.3, 0.4) is 0 Å². The Hall–Kier alpha value is -1.64. The van der Waals surface area contributed by atoms with Crippen LogP contribution in [0.1, 0.15) is 6.92 Å². The third-order valence-electron chi connectivity index (χ3n) is 2.40. The van der Waals surface area contributed by atoms with Gasteiger partial charge in [0.25, 0.3) is 0 Å². The molecule has 1 aliphatic rings. The van der Waals surface area contributed by atoms with Crippen molar-refractivity contribution >= 4 is 11.4 Å². The molecule has 0 aliphatic carbocycles. The monoisotopic (exact) mass is 204 g/mol. The first-order valence-corrected chi connectivity index (χ1v) is 5.08. The van der Waals surface area contributed by atoms with Gasteiger partial charge in [0, 0.05) is 18.3 Å². The Morgan fingerprint density at radius 1 is 1.60 bits per heavy atom. The number of nitrogens with zero attached hydrogens (tertiary/aromatic N) is 1. The molecule has 1 aromatic rings. The van der Waals surface area contributed by atoms with Gasteiger partial charge in [-0.3, -0.25) is 0 Å². The first-order chi connectivity index (χ1) is 7.16. The second kappa shape index (κ2) is 3.85. The van der Waals surface area contributed by atoms with Crippen molar-refractivity contribution in [1.82, 2.24) is 0 Å². The highest BCUT2D eigenvalue weighted by Gasteiger charge is 2.17. The molecular weight excluding hydrogens is 188 g/mol. The molecule has 0 radical (unpaired) electrons. The van der Waals surface area contributed by atoms with Crippen molar-refractivity contribution in [3.63, 3.8) is 0 Å². The van der Waals surface area contributed by atoms with Gasteiger partial charge >= 0.3 is 0 Å². The Balaban J connectivity index is 2.30. The first-order valence-electron chi connectivity index (χ1n) is 5.08. The maximum Gasteiger partial charge on any atom is 0.144 e. The molecule has 80 valence electrons. The van der Waals surface area contributed by atoms with Crippen molar-refractivity contribution in [2.75, 3.05) is 30.3 Å². The van der Waals surface area contributed by atoms with Crippen LogP contribution in [0, 0.1) is 0 Å². The Bertz CT molecular complexity index is 387. The van der Waals surface area contributed by atoms with E-state index in [1.807, 2.05) is 25.1 Å². The second-order valence-corrected chi connectivity index (χ2v) is 3.95. The fraction of sp³-hybridized carbons (Fsp3) is 0.333. The zero-order chi connectivity index (χ0) is 10.8. The van der Waals surface area contributed by atoms with Gasteiger partial charge in [0.2, 0.25) is 0 Å². The average Bonchev–Trinajstić information content (AvgIpc) is 2.16. The zero-order valence-corrected chi connectivity index (χ0v) is 8.99. The number of ether oxygens (including phenoxy) is 1. The van der Waals surface area contributed by atoms with Crippen LogP contribution >= 0.6 is 0 Å². The number of anilines is 2. The van der Waals surface area contributed by atoms with Crippen LogP contribution in [-0.4, -0.2) is 19.7 Å². The Kier molecular flexibility index (Phi) is 2.54. The lowest BCUT2D eigenvalue weighted by Crippen LogP contribution is -2.33. The lowest BCUT2D eigenvalue weighted by atomic mass is 10.2. The third kappa shape index (κ3) is 2.06. The highest BCUT2D eigenvalue weighted by Crippen LogP contribution is 2.33. The Morgan fingerprint density at radius 2 is 2.40 bits per heavy atom. The van der Waals surface area contributed by atoms with Gasteiger partial charge in [-0.05, 0) is 19.1 Å². The van der Waals surface area contributed by atoms with Crippen molar-refractivity contribution in [3.8, 4) is 5.75 Å². The predicted octanol–water partition coefficient (Wildman–Crippen LogP) is 2.04. The summed E-state index contributed by atoms with van der Waals surface area (Å²) in [4.78, 5) is 2.26. The fourth-order valence-electron chi connectivity index (χ4n) is 1.78. The molecule has 1 aliphatic heterocycles. The number of nitrogen functional groups attached to an aromatic ring is 1. The van der Waals surface area contributed by atoms with E-state index in [4.69, 9.17) is 10.5 Å². The average molecular weight is 204 g/mol. The van der Waals surface area contributed by atoms with Crippen LogP contribution in [0.5, 0.6) is 5.75 Å². The number of benzene rings is 1. The van der Waals surface area contributed by atoms with Crippen LogP contribution in [0.15, 0.2) is 30.4 Å². The van der Waals surface area contributed by atoms with Gasteiger partial charge in [-0.2, -0.15) is 0 Å². The van der Waals surface area contributed by atoms with Gasteiger partial charge in [0.15, 0.2) is 0 Å². The number of nitrogens with two attached hydrogens (primary N) is 1. The largest absolute Gasteiger partial charge is 0.489 e. The summed E-state index contributed by atoms with van der Waals surface area (Å²) >= 11 is 0. The molecule has 2 rings (SSSR count). The summed E-state index contributed by atoms with van der Waals surface area (Å²) < 4.78 is 5.56. The van der Waals surface area contributed by atoms with Gasteiger partial charge in [-0.15, -0.1) is 0 Å². The highest BCUT2D eigenvalue weighted by atomic mass is 16.5. The molecule has 0 amide bonds. The summed E-state index contributed by atoms with van der Waals surface area (Å²) in [5.41, 5.74) is 8.72. The summed E-state index contributed by atoms with van der Waals surface area (Å²) in [6, 6.07) is 5.78. The molecule has 0 spiro atoms. The molecule has 0 fully saturated rings. The lowest BCUT2D eigenvalue weighted by Gasteiger charge is -2.31. The second-order valence-electron chi connectivity index (χ2n) is 3.95. The zero-order valence-electron chi connectivity index (χ0n) is 8.99. The summed E-state index contributed by atoms with van der Waals surface area (Å²) in [6.45, 7) is 8.46. The molecule has 1 heterocycles. The Morgan fingerprint density at radius 3 is 3.13 bits per heavy atom. The number of hydrogen-bond donors (Lipinski definition) is 1. The van der Waals surface area contributed by atoms with Gasteiger partial charge in [0.1, 0.15) is 12.4 Å². The molecule has 0 aromatic heterocycles. The molecule has 1 aromatic carbocycles. The number of rotatable bonds is 2. The van der Waals surface area contributed by atoms with E-state index in [9.17, 15) is 0 Å². The van der Waals surface area contributed by atoms with Crippen LogP contribution < -0.4 is 15.4 Å². The first kappa shape index (κ1) is 9.90. The minimum absolute atomic E-state index is 0.712. The molecule has 0 saturated heterocycles. The van der Waals surface area contributed by atoms with E-state index in [2.05, 4.69) is 11.5 Å². The van der Waals surface area contributed by atoms with E-state index in [0.717, 1.165) is 35.8 Å². The fourth-order valence-corrected chi connectivity index (χ4v) is 1.78. The summed E-state index contributed by atoms with van der Waals surface area (Å²) in [7, 11) is 0. The summed E-state index contributed by atoms with van der Waals surface area (Å²) in [5.74, 6) is 0.877. The van der Waals surface area contributed by atoms with Gasteiger partial charge in [-0.1, -0.05) is 12.2 Å². The van der Waals surface area contributed by atoms with Crippen molar-refractivity contribution in [2.45, 2.75) is 6.92 Å². The quantitative estimate of drug-likeness (QED) is 0.592. The molecule has 0 unspecified atom stereocenters. The van der Waals surface area contributed by atoms with Crippen molar-refractivity contribution in [2.24, 2.45) is 0 Å². The summed E-state index contributed by atoms with van der Waals surface area (Å²) in [6.07, 6.45) is 0. The molecule has 2 N–H and O–H groups in total. The minimum atomic E-state index is 0.712. The maximum absolute atomic E-state index is 5.71. The molecule has 0 saturated carbocycles. The predicted molar refractivity (Wildman–Crippen MR) is 63.4 cm³/mol. The molecule has 3 heteroatoms. The maximum atomic E-state index is 5.71. The number of hydrogen-bond acceptors (Lipinski definition) is 3. The van der Waals surface area contributed by atoms with E-state index in [0.29, 0.717) is 6.61 Å². The molecule has 15 heavy (non-hydrogen) atoms. The van der Waals surface area contributed by atoms with Crippen molar-refractivity contribution in [1.29, 1.82) is 0 Å². The standard InChI is InChI=1S/C12H16N2O/c1-9(2)8-14-5-6-15-12-7-10(13)3-4-11(12)14/h3-4,7H,1,5-6,8,13H2,2H3. The van der Waals surface area contributed by atoms with E-state index in [-0.39, 0.29) is 0 Å². The van der Waals surface area contributed by atoms with Crippen molar-refractivity contribution in [3.05, 3.63) is 30.4 Å².